The molecule has 6 heteroatoms. The molecule has 2 saturated heterocycles. The number of rotatable bonds is 2. The van der Waals surface area contributed by atoms with Gasteiger partial charge in [-0.25, -0.2) is 4.98 Å². The highest BCUT2D eigenvalue weighted by Gasteiger charge is 2.47. The fraction of sp³-hybridized carbons (Fsp3) is 0.444. The van der Waals surface area contributed by atoms with Gasteiger partial charge in [0.25, 0.3) is 0 Å². The van der Waals surface area contributed by atoms with Crippen molar-refractivity contribution in [2.45, 2.75) is 12.1 Å². The third kappa shape index (κ3) is 1.33. The van der Waals surface area contributed by atoms with Crippen molar-refractivity contribution in [2.24, 2.45) is 0 Å². The quantitative estimate of drug-likeness (QED) is 0.567. The number of morpholine rings is 1. The predicted molar refractivity (Wildman–Crippen MR) is 54.9 cm³/mol. The van der Waals surface area contributed by atoms with Gasteiger partial charge in [0.2, 0.25) is 0 Å². The van der Waals surface area contributed by atoms with Gasteiger partial charge in [0.05, 0.1) is 18.8 Å². The second-order valence-corrected chi connectivity index (χ2v) is 3.91. The molecule has 0 aromatic carbocycles. The lowest BCUT2D eigenvalue weighted by molar-refractivity contribution is -0.113. The molecule has 2 fully saturated rings. The van der Waals surface area contributed by atoms with Gasteiger partial charge >= 0.3 is 7.12 Å². The highest BCUT2D eigenvalue weighted by atomic mass is 16.5. The Morgan fingerprint density at radius 2 is 2.40 bits per heavy atom. The number of fused-ring (bicyclic) bond motifs is 1. The van der Waals surface area contributed by atoms with Crippen LogP contribution in [-0.2, 0) is 4.74 Å². The molecule has 2 atom stereocenters. The third-order valence-electron chi connectivity index (χ3n) is 3.05. The lowest BCUT2D eigenvalue weighted by atomic mass is 9.80. The molecule has 1 aromatic rings. The van der Waals surface area contributed by atoms with Crippen LogP contribution in [0.2, 0.25) is 0 Å². The van der Waals surface area contributed by atoms with Crippen LogP contribution in [0.3, 0.4) is 0 Å². The smallest absolute Gasteiger partial charge is 0.423 e. The van der Waals surface area contributed by atoms with Crippen molar-refractivity contribution in [3.05, 3.63) is 18.3 Å². The van der Waals surface area contributed by atoms with Crippen LogP contribution in [0.1, 0.15) is 0 Å². The van der Waals surface area contributed by atoms with Crippen molar-refractivity contribution in [1.82, 2.24) is 4.98 Å². The molecule has 3 rings (SSSR count). The van der Waals surface area contributed by atoms with Crippen LogP contribution in [0.15, 0.2) is 18.3 Å². The van der Waals surface area contributed by atoms with E-state index in [-0.39, 0.29) is 0 Å². The van der Waals surface area contributed by atoms with Crippen LogP contribution in [0.4, 0.5) is 5.82 Å². The topological polar surface area (TPSA) is 65.8 Å². The van der Waals surface area contributed by atoms with Crippen molar-refractivity contribution in [3.8, 4) is 0 Å². The predicted octanol–water partition coefficient (Wildman–Crippen LogP) is -1.65. The van der Waals surface area contributed by atoms with Crippen molar-refractivity contribution in [3.63, 3.8) is 0 Å². The number of hydrogen-bond acceptors (Lipinski definition) is 5. The number of ether oxygens (including phenoxy) is 1. The summed E-state index contributed by atoms with van der Waals surface area (Å²) >= 11 is 0. The first-order chi connectivity index (χ1) is 7.25. The summed E-state index contributed by atoms with van der Waals surface area (Å²) in [5.41, 5.74) is 0.476. The van der Waals surface area contributed by atoms with E-state index in [0.717, 1.165) is 19.0 Å². The van der Waals surface area contributed by atoms with Gasteiger partial charge in [-0.05, 0) is 17.6 Å². The van der Waals surface area contributed by atoms with Crippen LogP contribution in [0.25, 0.3) is 0 Å². The second kappa shape index (κ2) is 3.20. The molecule has 2 aliphatic rings. The van der Waals surface area contributed by atoms with E-state index in [1.165, 1.54) is 0 Å². The van der Waals surface area contributed by atoms with Gasteiger partial charge in [0.1, 0.15) is 5.82 Å². The molecule has 0 bridgehead atoms. The van der Waals surface area contributed by atoms with Crippen LogP contribution >= 0.6 is 0 Å². The Morgan fingerprint density at radius 1 is 1.53 bits per heavy atom. The highest BCUT2D eigenvalue weighted by molar-refractivity contribution is 6.58. The van der Waals surface area contributed by atoms with E-state index >= 15 is 0 Å². The summed E-state index contributed by atoms with van der Waals surface area (Å²) in [6.45, 7) is 1.60. The molecule has 15 heavy (non-hydrogen) atoms. The number of anilines is 1. The summed E-state index contributed by atoms with van der Waals surface area (Å²) < 4.78 is 5.29. The molecule has 2 aliphatic heterocycles. The molecule has 5 nitrogen and oxygen atoms in total. The van der Waals surface area contributed by atoms with Gasteiger partial charge in [-0.2, -0.15) is 0 Å². The average Bonchev–Trinajstić information content (AvgIpc) is 2.22. The SMILES string of the molecule is OB(O)c1ccnc(N2CC3OCC32)c1. The molecular weight excluding hydrogens is 195 g/mol. The minimum Gasteiger partial charge on any atom is -0.423 e. The zero-order valence-electron chi connectivity index (χ0n) is 8.08. The Kier molecular flexibility index (Phi) is 1.95. The molecule has 0 amide bonds. The largest absolute Gasteiger partial charge is 0.488 e. The third-order valence-corrected chi connectivity index (χ3v) is 3.05. The van der Waals surface area contributed by atoms with E-state index in [2.05, 4.69) is 9.88 Å². The summed E-state index contributed by atoms with van der Waals surface area (Å²) in [7, 11) is -1.43. The second-order valence-electron chi connectivity index (χ2n) is 3.91. The fourth-order valence-electron chi connectivity index (χ4n) is 1.99. The Balaban J connectivity index is 1.82. The molecule has 3 heterocycles. The first-order valence-corrected chi connectivity index (χ1v) is 4.96. The summed E-state index contributed by atoms with van der Waals surface area (Å²) in [6.07, 6.45) is 1.95. The van der Waals surface area contributed by atoms with E-state index < -0.39 is 7.12 Å². The van der Waals surface area contributed by atoms with Crippen molar-refractivity contribution in [2.75, 3.05) is 18.1 Å². The van der Waals surface area contributed by atoms with Crippen LogP contribution in [0.5, 0.6) is 0 Å². The molecule has 2 unspecified atom stereocenters. The zero-order chi connectivity index (χ0) is 10.4. The van der Waals surface area contributed by atoms with Crippen LogP contribution < -0.4 is 10.4 Å². The first-order valence-electron chi connectivity index (χ1n) is 4.96. The standard InChI is InChI=1S/C9H11BN2O3/c13-10(14)6-1-2-11-9(3-6)12-4-8-7(12)5-15-8/h1-3,7-8,13-14H,4-5H2. The Labute approximate surface area is 87.5 Å². The summed E-state index contributed by atoms with van der Waals surface area (Å²) in [5, 5.41) is 18.1. The van der Waals surface area contributed by atoms with Gasteiger partial charge < -0.3 is 19.7 Å². The molecule has 1 aromatic heterocycles. The molecule has 0 saturated carbocycles. The Bertz CT molecular complexity index is 387. The summed E-state index contributed by atoms with van der Waals surface area (Å²) in [5.74, 6) is 0.796. The van der Waals surface area contributed by atoms with E-state index in [1.54, 1.807) is 18.3 Å². The molecule has 2 N–H and O–H groups in total. The Hall–Kier alpha value is -1.11. The van der Waals surface area contributed by atoms with Crippen LogP contribution in [-0.4, -0.2) is 47.4 Å². The number of hydrogen-bond donors (Lipinski definition) is 2. The summed E-state index contributed by atoms with van der Waals surface area (Å²) in [6, 6.07) is 3.74. The minimum atomic E-state index is -1.43. The first kappa shape index (κ1) is 9.14. The lowest BCUT2D eigenvalue weighted by Gasteiger charge is -2.55. The number of pyridine rings is 1. The highest BCUT2D eigenvalue weighted by Crippen LogP contribution is 2.33. The van der Waals surface area contributed by atoms with Gasteiger partial charge in [-0.1, -0.05) is 0 Å². The maximum Gasteiger partial charge on any atom is 0.488 e. The molecule has 78 valence electrons. The van der Waals surface area contributed by atoms with Crippen molar-refractivity contribution < 1.29 is 14.8 Å². The van der Waals surface area contributed by atoms with E-state index in [4.69, 9.17) is 14.8 Å². The molecular formula is C9H11BN2O3. The van der Waals surface area contributed by atoms with Gasteiger partial charge in [-0.3, -0.25) is 0 Å². The van der Waals surface area contributed by atoms with Gasteiger partial charge in [-0.15, -0.1) is 0 Å². The fourth-order valence-corrected chi connectivity index (χ4v) is 1.99. The Morgan fingerprint density at radius 3 is 2.93 bits per heavy atom. The van der Waals surface area contributed by atoms with E-state index in [9.17, 15) is 0 Å². The minimum absolute atomic E-state index is 0.356. The van der Waals surface area contributed by atoms with E-state index in [0.29, 0.717) is 17.6 Å². The number of aromatic nitrogens is 1. The zero-order valence-corrected chi connectivity index (χ0v) is 8.08. The maximum atomic E-state index is 9.04. The molecule has 0 radical (unpaired) electrons. The van der Waals surface area contributed by atoms with Crippen molar-refractivity contribution in [1.29, 1.82) is 0 Å². The van der Waals surface area contributed by atoms with Gasteiger partial charge in [0.15, 0.2) is 0 Å². The monoisotopic (exact) mass is 206 g/mol. The van der Waals surface area contributed by atoms with Crippen molar-refractivity contribution >= 4 is 18.4 Å². The van der Waals surface area contributed by atoms with Crippen LogP contribution in [0, 0.1) is 0 Å². The van der Waals surface area contributed by atoms with E-state index in [1.807, 2.05) is 0 Å². The number of nitrogens with zero attached hydrogens (tertiary/aromatic N) is 2. The lowest BCUT2D eigenvalue weighted by Crippen LogP contribution is -2.71. The molecule has 0 aliphatic carbocycles. The summed E-state index contributed by atoms with van der Waals surface area (Å²) in [4.78, 5) is 6.34. The maximum absolute atomic E-state index is 9.04. The molecule has 0 spiro atoms. The average molecular weight is 206 g/mol. The normalized spacial score (nSPS) is 27.7. The van der Waals surface area contributed by atoms with Gasteiger partial charge in [0, 0.05) is 12.7 Å².